The number of ether oxygens (including phenoxy) is 1. The van der Waals surface area contributed by atoms with E-state index in [0.29, 0.717) is 4.05 Å². The Hall–Kier alpha value is 1.17. The van der Waals surface area contributed by atoms with Crippen molar-refractivity contribution in [3.8, 4) is 5.75 Å². The highest BCUT2D eigenvalue weighted by atomic mass is 127. The molecule has 2 unspecified atom stereocenters. The Morgan fingerprint density at radius 1 is 1.23 bits per heavy atom. The summed E-state index contributed by atoms with van der Waals surface area (Å²) in [6, 6.07) is 8.19. The molecule has 0 bridgehead atoms. The van der Waals surface area contributed by atoms with Gasteiger partial charge in [0.25, 0.3) is 0 Å². The average molecular weight is 513 g/mol. The zero-order valence-electron chi connectivity index (χ0n) is 6.45. The van der Waals surface area contributed by atoms with Crippen molar-refractivity contribution in [3.63, 3.8) is 0 Å². The molecule has 2 rings (SSSR count). The third-order valence-electron chi connectivity index (χ3n) is 1.81. The Balaban J connectivity index is 2.43. The van der Waals surface area contributed by atoms with E-state index in [2.05, 4.69) is 77.2 Å². The van der Waals surface area contributed by atoms with Gasteiger partial charge < -0.3 is 4.74 Å². The van der Waals surface area contributed by atoms with Crippen molar-refractivity contribution in [2.24, 2.45) is 0 Å². The fourth-order valence-electron chi connectivity index (χ4n) is 1.18. The Bertz CT molecular complexity index is 320. The second-order valence-corrected chi connectivity index (χ2v) is 5.99. The molecule has 1 heterocycles. The van der Waals surface area contributed by atoms with Crippen LogP contribution in [0.1, 0.15) is 9.61 Å². The van der Waals surface area contributed by atoms with Crippen molar-refractivity contribution in [1.82, 2.24) is 3.11 Å². The molecular formula is C8H6I3NO. The molecule has 0 saturated heterocycles. The molecule has 1 aromatic carbocycles. The maximum Gasteiger partial charge on any atom is 0.214 e. The predicted octanol–water partition coefficient (Wildman–Crippen LogP) is 3.88. The third-order valence-corrected chi connectivity index (χ3v) is 7.13. The molecule has 0 fully saturated rings. The van der Waals surface area contributed by atoms with Gasteiger partial charge in [-0.15, -0.1) is 0 Å². The molecule has 70 valence electrons. The minimum absolute atomic E-state index is 0.120. The number of hydrogen-bond acceptors (Lipinski definition) is 2. The van der Waals surface area contributed by atoms with Crippen molar-refractivity contribution in [1.29, 1.82) is 0 Å². The van der Waals surface area contributed by atoms with Gasteiger partial charge in [-0.3, -0.25) is 0 Å². The minimum atomic E-state index is 0.120. The standard InChI is InChI=1S/C8H6I3NO/c9-7-5-3-1-2-4-6(5)13-8(10)12(7)11/h1-4,7-8H. The first kappa shape index (κ1) is 10.7. The molecule has 0 N–H and O–H groups in total. The van der Waals surface area contributed by atoms with Crippen molar-refractivity contribution in [3.05, 3.63) is 29.8 Å². The zero-order valence-corrected chi connectivity index (χ0v) is 12.9. The van der Waals surface area contributed by atoms with Crippen LogP contribution in [0.4, 0.5) is 0 Å². The number of rotatable bonds is 0. The van der Waals surface area contributed by atoms with Gasteiger partial charge >= 0.3 is 0 Å². The van der Waals surface area contributed by atoms with Gasteiger partial charge in [0.1, 0.15) is 9.80 Å². The van der Waals surface area contributed by atoms with E-state index in [1.54, 1.807) is 0 Å². The highest BCUT2D eigenvalue weighted by molar-refractivity contribution is 14.1. The summed E-state index contributed by atoms with van der Waals surface area (Å²) in [6.45, 7) is 0. The molecule has 5 heteroatoms. The van der Waals surface area contributed by atoms with Crippen LogP contribution in [0.5, 0.6) is 5.75 Å². The largest absolute Gasteiger partial charge is 0.465 e. The number of para-hydroxylation sites is 1. The highest BCUT2D eigenvalue weighted by Gasteiger charge is 2.30. The van der Waals surface area contributed by atoms with Gasteiger partial charge in [-0.2, -0.15) is 3.11 Å². The first-order valence-corrected chi connectivity index (χ1v) is 7.13. The fraction of sp³-hybridized carbons (Fsp3) is 0.250. The van der Waals surface area contributed by atoms with E-state index in [1.165, 1.54) is 5.56 Å². The maximum atomic E-state index is 5.71. The first-order chi connectivity index (χ1) is 6.20. The molecule has 1 aromatic rings. The maximum absolute atomic E-state index is 5.71. The lowest BCUT2D eigenvalue weighted by Crippen LogP contribution is -2.32. The number of alkyl halides is 2. The van der Waals surface area contributed by atoms with Crippen LogP contribution in [0.2, 0.25) is 0 Å². The molecule has 0 radical (unpaired) electrons. The average Bonchev–Trinajstić information content (AvgIpc) is 2.15. The molecule has 1 aliphatic rings. The molecule has 2 nitrogen and oxygen atoms in total. The van der Waals surface area contributed by atoms with Crippen molar-refractivity contribution < 1.29 is 4.74 Å². The lowest BCUT2D eigenvalue weighted by Gasteiger charge is -2.33. The van der Waals surface area contributed by atoms with Crippen LogP contribution in [0, 0.1) is 0 Å². The molecule has 0 aromatic heterocycles. The quantitative estimate of drug-likeness (QED) is 0.226. The summed E-state index contributed by atoms with van der Waals surface area (Å²) in [6.07, 6.45) is 0. The third kappa shape index (κ3) is 2.07. The van der Waals surface area contributed by atoms with E-state index < -0.39 is 0 Å². The second kappa shape index (κ2) is 4.35. The van der Waals surface area contributed by atoms with E-state index >= 15 is 0 Å². The van der Waals surface area contributed by atoms with Crippen LogP contribution in [0.15, 0.2) is 24.3 Å². The van der Waals surface area contributed by atoms with Gasteiger partial charge in [-0.05, 0) is 28.7 Å². The molecule has 0 saturated carbocycles. The monoisotopic (exact) mass is 513 g/mol. The number of hydrogen-bond donors (Lipinski definition) is 0. The van der Waals surface area contributed by atoms with Crippen molar-refractivity contribution >= 4 is 68.0 Å². The van der Waals surface area contributed by atoms with Gasteiger partial charge in [0.15, 0.2) is 0 Å². The van der Waals surface area contributed by atoms with Gasteiger partial charge in [0.05, 0.1) is 0 Å². The molecular weight excluding hydrogens is 507 g/mol. The fourth-order valence-corrected chi connectivity index (χ4v) is 3.61. The Kier molecular flexibility index (Phi) is 3.58. The minimum Gasteiger partial charge on any atom is -0.465 e. The highest BCUT2D eigenvalue weighted by Crippen LogP contribution is 2.43. The number of benzene rings is 1. The zero-order chi connectivity index (χ0) is 9.42. The number of nitrogens with zero attached hydrogens (tertiary/aromatic N) is 1. The predicted molar refractivity (Wildman–Crippen MR) is 77.5 cm³/mol. The number of fused-ring (bicyclic) bond motifs is 1. The van der Waals surface area contributed by atoms with Crippen LogP contribution in [0.25, 0.3) is 0 Å². The molecule has 1 aliphatic heterocycles. The van der Waals surface area contributed by atoms with Crippen LogP contribution < -0.4 is 4.74 Å². The van der Waals surface area contributed by atoms with Crippen molar-refractivity contribution in [2.45, 2.75) is 8.28 Å². The van der Waals surface area contributed by atoms with E-state index in [0.717, 1.165) is 5.75 Å². The van der Waals surface area contributed by atoms with Crippen molar-refractivity contribution in [2.75, 3.05) is 0 Å². The summed E-state index contributed by atoms with van der Waals surface area (Å²) < 4.78 is 8.40. The summed E-state index contributed by atoms with van der Waals surface area (Å²) in [4.78, 5) is 0. The Morgan fingerprint density at radius 3 is 2.69 bits per heavy atom. The topological polar surface area (TPSA) is 12.5 Å². The molecule has 0 aliphatic carbocycles. The molecule has 13 heavy (non-hydrogen) atoms. The van der Waals surface area contributed by atoms with E-state index in [9.17, 15) is 0 Å². The molecule has 2 atom stereocenters. The van der Waals surface area contributed by atoms with Gasteiger partial charge in [0.2, 0.25) is 4.23 Å². The normalized spacial score (nSPS) is 27.9. The van der Waals surface area contributed by atoms with E-state index in [-0.39, 0.29) is 4.23 Å². The summed E-state index contributed by atoms with van der Waals surface area (Å²) in [7, 11) is 0. The van der Waals surface area contributed by atoms with Gasteiger partial charge in [-0.1, -0.05) is 40.8 Å². The SMILES string of the molecule is IC1Oc2ccccc2C(I)N1I. The summed E-state index contributed by atoms with van der Waals surface area (Å²) in [5.74, 6) is 1.01. The smallest absolute Gasteiger partial charge is 0.214 e. The van der Waals surface area contributed by atoms with Crippen LogP contribution in [-0.2, 0) is 0 Å². The van der Waals surface area contributed by atoms with Crippen LogP contribution in [-0.4, -0.2) is 7.35 Å². The van der Waals surface area contributed by atoms with E-state index in [4.69, 9.17) is 4.74 Å². The number of halogens is 3. The molecule has 0 amide bonds. The van der Waals surface area contributed by atoms with Crippen LogP contribution in [0.3, 0.4) is 0 Å². The lowest BCUT2D eigenvalue weighted by atomic mass is 10.2. The van der Waals surface area contributed by atoms with Crippen LogP contribution >= 0.6 is 68.0 Å². The summed E-state index contributed by atoms with van der Waals surface area (Å²) in [5, 5.41) is 0. The summed E-state index contributed by atoms with van der Waals surface area (Å²) in [5.41, 5.74) is 1.26. The lowest BCUT2D eigenvalue weighted by molar-refractivity contribution is 0.178. The Labute approximate surface area is 118 Å². The Morgan fingerprint density at radius 2 is 1.92 bits per heavy atom. The van der Waals surface area contributed by atoms with Gasteiger partial charge in [0, 0.05) is 28.4 Å². The van der Waals surface area contributed by atoms with E-state index in [1.807, 2.05) is 18.2 Å². The first-order valence-electron chi connectivity index (χ1n) is 3.68. The summed E-state index contributed by atoms with van der Waals surface area (Å²) >= 11 is 7.01. The van der Waals surface area contributed by atoms with Gasteiger partial charge in [-0.25, -0.2) is 0 Å². The molecule has 0 spiro atoms. The second-order valence-electron chi connectivity index (χ2n) is 2.63.